The molecule has 16 heavy (non-hydrogen) atoms. The second kappa shape index (κ2) is 4.62. The van der Waals surface area contributed by atoms with Crippen molar-refractivity contribution in [2.45, 2.75) is 9.37 Å². The summed E-state index contributed by atoms with van der Waals surface area (Å²) in [7, 11) is 3.84. The first-order valence-corrected chi connectivity index (χ1v) is 6.05. The minimum atomic E-state index is 0.411. The van der Waals surface area contributed by atoms with Gasteiger partial charge in [0.05, 0.1) is 0 Å². The van der Waals surface area contributed by atoms with E-state index in [0.717, 1.165) is 9.47 Å². The lowest BCUT2D eigenvalue weighted by Gasteiger charge is -2.03. The van der Waals surface area contributed by atoms with Gasteiger partial charge in [-0.05, 0) is 11.8 Å². The zero-order valence-corrected chi connectivity index (χ0v) is 10.4. The smallest absolute Gasteiger partial charge is 0.208 e. The maximum absolute atomic E-state index is 5.69. The van der Waals surface area contributed by atoms with Gasteiger partial charge in [0.25, 0.3) is 0 Å². The van der Waals surface area contributed by atoms with Crippen molar-refractivity contribution < 1.29 is 0 Å². The third-order valence-electron chi connectivity index (χ3n) is 1.65. The van der Waals surface area contributed by atoms with Crippen LogP contribution >= 0.6 is 23.1 Å². The van der Waals surface area contributed by atoms with E-state index in [9.17, 15) is 0 Å². The van der Waals surface area contributed by atoms with E-state index in [4.69, 9.17) is 5.73 Å². The molecule has 0 aromatic carbocycles. The van der Waals surface area contributed by atoms with Gasteiger partial charge in [0.15, 0.2) is 10.2 Å². The van der Waals surface area contributed by atoms with Crippen LogP contribution in [0.4, 0.5) is 10.9 Å². The van der Waals surface area contributed by atoms with Gasteiger partial charge in [-0.1, -0.05) is 11.3 Å². The fourth-order valence-corrected chi connectivity index (χ4v) is 2.57. The lowest BCUT2D eigenvalue weighted by molar-refractivity contribution is 0.969. The van der Waals surface area contributed by atoms with Crippen LogP contribution in [0.15, 0.2) is 21.8 Å². The number of anilines is 2. The summed E-state index contributed by atoms with van der Waals surface area (Å²) in [6.07, 6.45) is 3.16. The van der Waals surface area contributed by atoms with Gasteiger partial charge in [-0.25, -0.2) is 9.97 Å². The second-order valence-corrected chi connectivity index (χ2v) is 5.29. The Morgan fingerprint density at radius 3 is 2.62 bits per heavy atom. The fourth-order valence-electron chi connectivity index (χ4n) is 0.922. The molecule has 84 valence electrons. The molecule has 0 radical (unpaired) electrons. The molecule has 0 bridgehead atoms. The molecule has 2 aromatic rings. The summed E-state index contributed by atoms with van der Waals surface area (Å²) in [5.41, 5.74) is 5.69. The maximum atomic E-state index is 5.69. The molecule has 0 aliphatic carbocycles. The van der Waals surface area contributed by atoms with Crippen molar-refractivity contribution in [3.63, 3.8) is 0 Å². The summed E-state index contributed by atoms with van der Waals surface area (Å²) in [4.78, 5) is 9.99. The van der Waals surface area contributed by atoms with E-state index in [1.54, 1.807) is 12.4 Å². The summed E-state index contributed by atoms with van der Waals surface area (Å²) in [5.74, 6) is 0.411. The Labute approximate surface area is 101 Å². The molecule has 0 saturated carbocycles. The van der Waals surface area contributed by atoms with Gasteiger partial charge >= 0.3 is 0 Å². The van der Waals surface area contributed by atoms with Crippen LogP contribution in [0.2, 0.25) is 0 Å². The van der Waals surface area contributed by atoms with Crippen LogP contribution in [-0.4, -0.2) is 34.3 Å². The Kier molecular flexibility index (Phi) is 3.20. The maximum Gasteiger partial charge on any atom is 0.208 e. The van der Waals surface area contributed by atoms with E-state index < -0.39 is 0 Å². The lowest BCUT2D eigenvalue weighted by Crippen LogP contribution is -2.07. The normalized spacial score (nSPS) is 10.4. The quantitative estimate of drug-likeness (QED) is 0.879. The van der Waals surface area contributed by atoms with Crippen molar-refractivity contribution in [1.29, 1.82) is 0 Å². The predicted octanol–water partition coefficient (Wildman–Crippen LogP) is 1.13. The Morgan fingerprint density at radius 1 is 1.25 bits per heavy atom. The average Bonchev–Trinajstić information content (AvgIpc) is 2.70. The molecule has 0 aliphatic heterocycles. The highest BCUT2D eigenvalue weighted by atomic mass is 32.2. The number of aromatic nitrogens is 4. The number of nitrogens with two attached hydrogens (primary N) is 1. The molecule has 0 atom stereocenters. The van der Waals surface area contributed by atoms with E-state index in [1.165, 1.54) is 23.1 Å². The highest BCUT2D eigenvalue weighted by molar-refractivity contribution is 8.01. The van der Waals surface area contributed by atoms with E-state index in [-0.39, 0.29) is 0 Å². The number of nitrogens with zero attached hydrogens (tertiary/aromatic N) is 5. The van der Waals surface area contributed by atoms with Crippen LogP contribution in [0.25, 0.3) is 0 Å². The molecule has 2 rings (SSSR count). The molecule has 0 spiro atoms. The van der Waals surface area contributed by atoms with Gasteiger partial charge in [-0.15, -0.1) is 10.2 Å². The number of hydrogen-bond donors (Lipinski definition) is 1. The SMILES string of the molecule is CN(C)c1nnc(Sc2nccnc2N)s1. The van der Waals surface area contributed by atoms with Gasteiger partial charge in [0.2, 0.25) is 5.13 Å². The van der Waals surface area contributed by atoms with E-state index in [1.807, 2.05) is 19.0 Å². The number of hydrogen-bond acceptors (Lipinski definition) is 8. The summed E-state index contributed by atoms with van der Waals surface area (Å²) in [6, 6.07) is 0. The zero-order chi connectivity index (χ0) is 11.5. The van der Waals surface area contributed by atoms with Crippen molar-refractivity contribution in [2.75, 3.05) is 24.7 Å². The van der Waals surface area contributed by atoms with Gasteiger partial charge in [0.1, 0.15) is 5.03 Å². The lowest BCUT2D eigenvalue weighted by atomic mass is 10.7. The van der Waals surface area contributed by atoms with E-state index >= 15 is 0 Å². The first-order chi connectivity index (χ1) is 7.66. The Bertz CT molecular complexity index is 483. The van der Waals surface area contributed by atoms with Crippen molar-refractivity contribution in [2.24, 2.45) is 0 Å². The zero-order valence-electron chi connectivity index (χ0n) is 8.78. The molecule has 6 nitrogen and oxygen atoms in total. The van der Waals surface area contributed by atoms with E-state index in [0.29, 0.717) is 10.8 Å². The van der Waals surface area contributed by atoms with Crippen LogP contribution in [0.1, 0.15) is 0 Å². The highest BCUT2D eigenvalue weighted by Gasteiger charge is 2.10. The third-order valence-corrected chi connectivity index (χ3v) is 3.80. The van der Waals surface area contributed by atoms with Gasteiger partial charge in [-0.3, -0.25) is 0 Å². The molecule has 2 aromatic heterocycles. The monoisotopic (exact) mass is 254 g/mol. The van der Waals surface area contributed by atoms with Gasteiger partial charge < -0.3 is 10.6 Å². The molecule has 2 N–H and O–H groups in total. The standard InChI is InChI=1S/C8H10N6S2/c1-14(2)7-12-13-8(16-7)15-6-5(9)10-3-4-11-6/h3-4H,1-2H3,(H2,9,10). The van der Waals surface area contributed by atoms with Crippen LogP contribution < -0.4 is 10.6 Å². The van der Waals surface area contributed by atoms with Crippen LogP contribution in [0, 0.1) is 0 Å². The van der Waals surface area contributed by atoms with Crippen molar-refractivity contribution in [1.82, 2.24) is 20.2 Å². The van der Waals surface area contributed by atoms with Crippen LogP contribution in [0.3, 0.4) is 0 Å². The second-order valence-electron chi connectivity index (χ2n) is 3.09. The first kappa shape index (κ1) is 11.1. The molecular formula is C8H10N6S2. The van der Waals surface area contributed by atoms with Crippen LogP contribution in [0.5, 0.6) is 0 Å². The van der Waals surface area contributed by atoms with Gasteiger partial charge in [0, 0.05) is 26.5 Å². The third kappa shape index (κ3) is 2.39. The summed E-state index contributed by atoms with van der Waals surface area (Å²) < 4.78 is 0.802. The minimum absolute atomic E-state index is 0.411. The first-order valence-electron chi connectivity index (χ1n) is 4.42. The molecular weight excluding hydrogens is 244 g/mol. The highest BCUT2D eigenvalue weighted by Crippen LogP contribution is 2.33. The number of nitrogen functional groups attached to an aromatic ring is 1. The van der Waals surface area contributed by atoms with Crippen molar-refractivity contribution >= 4 is 34.0 Å². The van der Waals surface area contributed by atoms with Gasteiger partial charge in [-0.2, -0.15) is 0 Å². The summed E-state index contributed by atoms with van der Waals surface area (Å²) >= 11 is 2.86. The Morgan fingerprint density at radius 2 is 2.00 bits per heavy atom. The summed E-state index contributed by atoms with van der Waals surface area (Å²) in [5, 5.41) is 9.57. The van der Waals surface area contributed by atoms with Crippen LogP contribution in [-0.2, 0) is 0 Å². The Balaban J connectivity index is 2.18. The van der Waals surface area contributed by atoms with E-state index in [2.05, 4.69) is 20.2 Å². The molecule has 0 unspecified atom stereocenters. The van der Waals surface area contributed by atoms with Crippen molar-refractivity contribution in [3.05, 3.63) is 12.4 Å². The fraction of sp³-hybridized carbons (Fsp3) is 0.250. The minimum Gasteiger partial charge on any atom is -0.381 e. The average molecular weight is 254 g/mol. The van der Waals surface area contributed by atoms with Crippen molar-refractivity contribution in [3.8, 4) is 0 Å². The number of rotatable bonds is 3. The molecule has 0 saturated heterocycles. The Hall–Kier alpha value is -1.41. The predicted molar refractivity (Wildman–Crippen MR) is 64.8 cm³/mol. The largest absolute Gasteiger partial charge is 0.381 e. The summed E-state index contributed by atoms with van der Waals surface area (Å²) in [6.45, 7) is 0. The molecule has 0 fully saturated rings. The topological polar surface area (TPSA) is 80.8 Å². The molecule has 2 heterocycles. The molecule has 8 heteroatoms. The molecule has 0 amide bonds. The molecule has 0 aliphatic rings.